The molecule has 1 saturated carbocycles. The number of sulfonamides is 1. The third-order valence-electron chi connectivity index (χ3n) is 7.08. The standard InChI is InChI=1S/C27H30FN5O4S/c1-15-3-9-20(38(36,37)32-18-5-7-19(35)8-6-18)12-22(15)25-13-30-27-26(29)31-24(14-33(25)27)21-10-4-17(16(2)34)11-23(21)28/h3-4,9-14,16,18-19,32,34-35H,5-8H2,1-2H3,(H2,29,31)/t16?,18-,19-. The normalized spacial score (nSPS) is 19.1. The van der Waals surface area contributed by atoms with Gasteiger partial charge in [-0.25, -0.2) is 27.5 Å². The number of anilines is 1. The average molecular weight is 540 g/mol. The summed E-state index contributed by atoms with van der Waals surface area (Å²) in [7, 11) is -3.81. The van der Waals surface area contributed by atoms with Crippen LogP contribution in [-0.2, 0) is 10.0 Å². The van der Waals surface area contributed by atoms with Crippen LogP contribution in [0.2, 0.25) is 0 Å². The zero-order valence-corrected chi connectivity index (χ0v) is 21.9. The molecule has 1 aliphatic rings. The first kappa shape index (κ1) is 26.2. The highest BCUT2D eigenvalue weighted by atomic mass is 32.2. The van der Waals surface area contributed by atoms with Crippen LogP contribution in [0, 0.1) is 12.7 Å². The van der Waals surface area contributed by atoms with Crippen molar-refractivity contribution in [2.45, 2.75) is 62.7 Å². The molecule has 1 unspecified atom stereocenters. The Kier molecular flexibility index (Phi) is 6.95. The van der Waals surface area contributed by atoms with Gasteiger partial charge in [0.15, 0.2) is 11.5 Å². The monoisotopic (exact) mass is 539 g/mol. The van der Waals surface area contributed by atoms with Gasteiger partial charge in [0.25, 0.3) is 0 Å². The molecule has 5 N–H and O–H groups in total. The molecule has 2 aromatic carbocycles. The van der Waals surface area contributed by atoms with Gasteiger partial charge in [0.1, 0.15) is 5.82 Å². The minimum Gasteiger partial charge on any atom is -0.393 e. The van der Waals surface area contributed by atoms with Crippen molar-refractivity contribution < 1.29 is 23.0 Å². The second-order valence-corrected chi connectivity index (χ2v) is 11.6. The van der Waals surface area contributed by atoms with Crippen molar-refractivity contribution in [2.75, 3.05) is 5.73 Å². The van der Waals surface area contributed by atoms with Crippen molar-refractivity contribution >= 4 is 21.5 Å². The summed E-state index contributed by atoms with van der Waals surface area (Å²) < 4.78 is 45.8. The van der Waals surface area contributed by atoms with Gasteiger partial charge in [-0.1, -0.05) is 12.1 Å². The molecule has 0 amide bonds. The van der Waals surface area contributed by atoms with Crippen molar-refractivity contribution in [3.05, 3.63) is 65.7 Å². The fraction of sp³-hybridized carbons (Fsp3) is 0.333. The second kappa shape index (κ2) is 10.1. The van der Waals surface area contributed by atoms with Crippen LogP contribution in [0.5, 0.6) is 0 Å². The van der Waals surface area contributed by atoms with Crippen LogP contribution in [0.25, 0.3) is 28.2 Å². The summed E-state index contributed by atoms with van der Waals surface area (Å²) >= 11 is 0. The van der Waals surface area contributed by atoms with Crippen LogP contribution in [0.3, 0.4) is 0 Å². The number of nitrogens with two attached hydrogens (primary N) is 1. The van der Waals surface area contributed by atoms with Gasteiger partial charge in [-0.3, -0.25) is 4.40 Å². The zero-order valence-electron chi connectivity index (χ0n) is 21.1. The highest BCUT2D eigenvalue weighted by Crippen LogP contribution is 2.32. The van der Waals surface area contributed by atoms with Crippen molar-refractivity contribution in [2.24, 2.45) is 0 Å². The van der Waals surface area contributed by atoms with Crippen LogP contribution in [0.15, 0.2) is 53.7 Å². The van der Waals surface area contributed by atoms with E-state index in [4.69, 9.17) is 5.73 Å². The van der Waals surface area contributed by atoms with Crippen molar-refractivity contribution in [3.63, 3.8) is 0 Å². The van der Waals surface area contributed by atoms with Gasteiger partial charge in [-0.15, -0.1) is 0 Å². The van der Waals surface area contributed by atoms with E-state index in [9.17, 15) is 23.0 Å². The largest absolute Gasteiger partial charge is 0.393 e. The summed E-state index contributed by atoms with van der Waals surface area (Å²) in [4.78, 5) is 8.83. The molecule has 0 spiro atoms. The summed E-state index contributed by atoms with van der Waals surface area (Å²) in [5.74, 6) is -0.461. The van der Waals surface area contributed by atoms with Crippen LogP contribution < -0.4 is 10.5 Å². The topological polar surface area (TPSA) is 143 Å². The fourth-order valence-corrected chi connectivity index (χ4v) is 6.20. The molecular formula is C27H30FN5O4S. The molecule has 9 nitrogen and oxygen atoms in total. The number of nitrogens with zero attached hydrogens (tertiary/aromatic N) is 3. The minimum absolute atomic E-state index is 0.0929. The number of aliphatic hydroxyl groups excluding tert-OH is 2. The number of hydrogen-bond donors (Lipinski definition) is 4. The van der Waals surface area contributed by atoms with Crippen LogP contribution in [-0.4, -0.2) is 45.1 Å². The smallest absolute Gasteiger partial charge is 0.240 e. The van der Waals surface area contributed by atoms with Gasteiger partial charge in [0.2, 0.25) is 10.0 Å². The number of aliphatic hydroxyl groups is 2. The van der Waals surface area contributed by atoms with Crippen LogP contribution >= 0.6 is 0 Å². The summed E-state index contributed by atoms with van der Waals surface area (Å²) in [6.07, 6.45) is 4.28. The molecule has 0 aliphatic heterocycles. The molecule has 200 valence electrons. The van der Waals surface area contributed by atoms with E-state index in [1.54, 1.807) is 48.0 Å². The summed E-state index contributed by atoms with van der Waals surface area (Å²) in [5, 5.41) is 19.5. The Balaban J connectivity index is 1.55. The van der Waals surface area contributed by atoms with Crippen LogP contribution in [0.4, 0.5) is 10.2 Å². The number of benzene rings is 2. The summed E-state index contributed by atoms with van der Waals surface area (Å²) in [5.41, 5.74) is 9.48. The predicted molar refractivity (Wildman–Crippen MR) is 142 cm³/mol. The number of hydrogen-bond acceptors (Lipinski definition) is 7. The Hall–Kier alpha value is -3.38. The quantitative estimate of drug-likeness (QED) is 0.292. The molecule has 0 saturated heterocycles. The van der Waals surface area contributed by atoms with E-state index >= 15 is 0 Å². The van der Waals surface area contributed by atoms with Crippen molar-refractivity contribution in [1.29, 1.82) is 0 Å². The maximum atomic E-state index is 14.9. The second-order valence-electron chi connectivity index (χ2n) is 9.87. The van der Waals surface area contributed by atoms with Crippen molar-refractivity contribution in [1.82, 2.24) is 19.1 Å². The Morgan fingerprint density at radius 2 is 1.87 bits per heavy atom. The highest BCUT2D eigenvalue weighted by molar-refractivity contribution is 7.89. The van der Waals surface area contributed by atoms with Crippen LogP contribution in [0.1, 0.15) is 49.8 Å². The summed E-state index contributed by atoms with van der Waals surface area (Å²) in [6.45, 7) is 3.42. The lowest BCUT2D eigenvalue weighted by Gasteiger charge is -2.26. The Morgan fingerprint density at radius 1 is 1.13 bits per heavy atom. The lowest BCUT2D eigenvalue weighted by atomic mass is 9.94. The molecule has 11 heteroatoms. The van der Waals surface area contributed by atoms with E-state index in [1.165, 1.54) is 12.1 Å². The van der Waals surface area contributed by atoms with Gasteiger partial charge in [0, 0.05) is 23.4 Å². The van der Waals surface area contributed by atoms with E-state index in [0.717, 1.165) is 5.56 Å². The van der Waals surface area contributed by atoms with E-state index in [-0.39, 0.29) is 34.1 Å². The first-order valence-electron chi connectivity index (χ1n) is 12.5. The number of aromatic nitrogens is 3. The number of nitrogen functional groups attached to an aromatic ring is 1. The molecule has 38 heavy (non-hydrogen) atoms. The van der Waals surface area contributed by atoms with E-state index in [0.29, 0.717) is 48.2 Å². The molecule has 5 rings (SSSR count). The molecule has 2 heterocycles. The van der Waals surface area contributed by atoms with E-state index in [1.807, 2.05) is 6.92 Å². The Labute approximate surface area is 220 Å². The van der Waals surface area contributed by atoms with Gasteiger partial charge < -0.3 is 15.9 Å². The van der Waals surface area contributed by atoms with Gasteiger partial charge >= 0.3 is 0 Å². The first-order chi connectivity index (χ1) is 18.0. The maximum Gasteiger partial charge on any atom is 0.240 e. The number of fused-ring (bicyclic) bond motifs is 1. The highest BCUT2D eigenvalue weighted by Gasteiger charge is 2.26. The van der Waals surface area contributed by atoms with E-state index in [2.05, 4.69) is 14.7 Å². The molecule has 0 bridgehead atoms. The molecule has 1 atom stereocenters. The SMILES string of the molecule is Cc1ccc(S(=O)(=O)N[C@H]2CC[C@H](O)CC2)cc1-c1cnc2c(N)nc(-c3ccc(C(C)O)cc3F)cn12. The van der Waals surface area contributed by atoms with Crippen molar-refractivity contribution in [3.8, 4) is 22.5 Å². The third-order valence-corrected chi connectivity index (χ3v) is 8.60. The number of halogens is 1. The molecule has 1 fully saturated rings. The summed E-state index contributed by atoms with van der Waals surface area (Å²) in [6, 6.07) is 9.07. The fourth-order valence-electron chi connectivity index (χ4n) is 4.87. The molecule has 0 radical (unpaired) electrons. The zero-order chi connectivity index (χ0) is 27.2. The van der Waals surface area contributed by atoms with Gasteiger partial charge in [0.05, 0.1) is 34.7 Å². The number of rotatable bonds is 6. The predicted octanol–water partition coefficient (Wildman–Crippen LogP) is 3.73. The number of imidazole rings is 1. The van der Waals surface area contributed by atoms with Gasteiger partial charge in [-0.2, -0.15) is 0 Å². The number of nitrogens with one attached hydrogen (secondary N) is 1. The minimum atomic E-state index is -3.81. The average Bonchev–Trinajstić information content (AvgIpc) is 3.29. The maximum absolute atomic E-state index is 14.9. The molecule has 4 aromatic rings. The number of aryl methyl sites for hydroxylation is 1. The lowest BCUT2D eigenvalue weighted by Crippen LogP contribution is -2.38. The lowest BCUT2D eigenvalue weighted by molar-refractivity contribution is 0.120. The molecular weight excluding hydrogens is 509 g/mol. The van der Waals surface area contributed by atoms with Gasteiger partial charge in [-0.05, 0) is 74.9 Å². The first-order valence-corrected chi connectivity index (χ1v) is 13.9. The Bertz CT molecular complexity index is 1610. The third kappa shape index (κ3) is 5.02. The molecule has 1 aliphatic carbocycles. The molecule has 2 aromatic heterocycles. The van der Waals surface area contributed by atoms with E-state index < -0.39 is 21.9 Å². The Morgan fingerprint density at radius 3 is 2.55 bits per heavy atom.